The summed E-state index contributed by atoms with van der Waals surface area (Å²) in [6, 6.07) is 6.57. The number of hydrogen-bond donors (Lipinski definition) is 1. The van der Waals surface area contributed by atoms with Crippen LogP contribution < -0.4 is 5.32 Å². The summed E-state index contributed by atoms with van der Waals surface area (Å²) in [5.41, 5.74) is 0.645. The Bertz CT molecular complexity index is 879. The molecule has 2 fully saturated rings. The van der Waals surface area contributed by atoms with Gasteiger partial charge in [0.05, 0.1) is 13.7 Å². The Hall–Kier alpha value is -2.83. The fourth-order valence-electron chi connectivity index (χ4n) is 3.71. The van der Waals surface area contributed by atoms with Crippen molar-refractivity contribution in [2.24, 2.45) is 0 Å². The number of fused-ring (bicyclic) bond motifs is 1. The maximum atomic E-state index is 12.7. The zero-order valence-electron chi connectivity index (χ0n) is 13.8. The molecule has 2 aliphatic rings. The highest BCUT2D eigenvalue weighted by Crippen LogP contribution is 2.35. The van der Waals surface area contributed by atoms with E-state index in [-0.39, 0.29) is 24.2 Å². The number of benzene rings is 1. The molecule has 0 atom stereocenters. The number of hydrogen-bond acceptors (Lipinski definition) is 5. The molecule has 4 rings (SSSR count). The highest BCUT2D eigenvalue weighted by Gasteiger charge is 2.52. The van der Waals surface area contributed by atoms with Crippen molar-refractivity contribution in [1.29, 1.82) is 0 Å². The molecule has 2 aromatic rings. The van der Waals surface area contributed by atoms with Gasteiger partial charge in [-0.3, -0.25) is 9.69 Å². The van der Waals surface area contributed by atoms with E-state index in [1.54, 1.807) is 18.2 Å². The summed E-state index contributed by atoms with van der Waals surface area (Å²) in [6.45, 7) is 0.196. The van der Waals surface area contributed by atoms with Crippen LogP contribution in [-0.4, -0.2) is 35.5 Å². The number of nitrogens with one attached hydrogen (secondary N) is 1. The third-order valence-corrected chi connectivity index (χ3v) is 5.01. The summed E-state index contributed by atoms with van der Waals surface area (Å²) in [5.74, 6) is -0.567. The number of imide groups is 1. The van der Waals surface area contributed by atoms with E-state index >= 15 is 0 Å². The zero-order valence-corrected chi connectivity index (χ0v) is 13.8. The molecule has 0 radical (unpaired) electrons. The normalized spacial score (nSPS) is 19.0. The molecule has 1 spiro atoms. The second kappa shape index (κ2) is 5.61. The Morgan fingerprint density at radius 2 is 2.04 bits per heavy atom. The van der Waals surface area contributed by atoms with Gasteiger partial charge in [-0.2, -0.15) is 0 Å². The lowest BCUT2D eigenvalue weighted by atomic mass is 9.98. The van der Waals surface area contributed by atoms with Crippen LogP contribution in [0.15, 0.2) is 28.7 Å². The van der Waals surface area contributed by atoms with Gasteiger partial charge in [-0.1, -0.05) is 18.9 Å². The van der Waals surface area contributed by atoms with Crippen molar-refractivity contribution in [2.45, 2.75) is 37.8 Å². The topological polar surface area (TPSA) is 88.9 Å². The molecule has 3 amide bonds. The number of methoxy groups -OCH3 is 1. The van der Waals surface area contributed by atoms with Crippen molar-refractivity contribution in [3.8, 4) is 0 Å². The first-order valence-electron chi connectivity index (χ1n) is 8.27. The highest BCUT2D eigenvalue weighted by molar-refractivity contribution is 6.07. The van der Waals surface area contributed by atoms with Crippen LogP contribution in [-0.2, 0) is 16.1 Å². The van der Waals surface area contributed by atoms with E-state index in [1.807, 2.05) is 6.07 Å². The molecule has 1 aliphatic heterocycles. The lowest BCUT2D eigenvalue weighted by Gasteiger charge is -2.20. The summed E-state index contributed by atoms with van der Waals surface area (Å²) in [5, 5.41) is 3.59. The first-order chi connectivity index (χ1) is 12.0. The molecule has 25 heavy (non-hydrogen) atoms. The van der Waals surface area contributed by atoms with E-state index in [2.05, 4.69) is 10.1 Å². The Morgan fingerprint density at radius 1 is 1.28 bits per heavy atom. The number of carbonyl (C=O) groups is 3. The van der Waals surface area contributed by atoms with Gasteiger partial charge < -0.3 is 14.5 Å². The molecule has 7 nitrogen and oxygen atoms in total. The molecule has 1 aromatic heterocycles. The van der Waals surface area contributed by atoms with Crippen molar-refractivity contribution < 1.29 is 23.5 Å². The molecular formula is C18H18N2O5. The maximum Gasteiger partial charge on any atom is 0.373 e. The molecular weight excluding hydrogens is 324 g/mol. The molecule has 1 aliphatic carbocycles. The molecule has 130 valence electrons. The van der Waals surface area contributed by atoms with Crippen LogP contribution in [0.1, 0.15) is 41.8 Å². The minimum atomic E-state index is -0.700. The van der Waals surface area contributed by atoms with Crippen molar-refractivity contribution >= 4 is 28.9 Å². The molecule has 1 aromatic carbocycles. The minimum Gasteiger partial charge on any atom is -0.463 e. The number of carbonyl (C=O) groups excluding carboxylic acids is 3. The Balaban J connectivity index is 1.59. The largest absolute Gasteiger partial charge is 0.463 e. The highest BCUT2D eigenvalue weighted by atomic mass is 16.5. The van der Waals surface area contributed by atoms with Crippen LogP contribution in [0.2, 0.25) is 0 Å². The molecule has 1 saturated carbocycles. The molecule has 0 unspecified atom stereocenters. The predicted molar refractivity (Wildman–Crippen MR) is 87.8 cm³/mol. The van der Waals surface area contributed by atoms with E-state index in [1.165, 1.54) is 12.0 Å². The number of furan rings is 1. The summed E-state index contributed by atoms with van der Waals surface area (Å²) < 4.78 is 10.1. The van der Waals surface area contributed by atoms with Gasteiger partial charge in [0.25, 0.3) is 5.91 Å². The summed E-state index contributed by atoms with van der Waals surface area (Å²) in [7, 11) is 1.29. The molecule has 7 heteroatoms. The molecule has 1 N–H and O–H groups in total. The van der Waals surface area contributed by atoms with E-state index in [0.29, 0.717) is 18.4 Å². The fraction of sp³-hybridized carbons (Fsp3) is 0.389. The van der Waals surface area contributed by atoms with E-state index in [0.717, 1.165) is 23.8 Å². The van der Waals surface area contributed by atoms with Gasteiger partial charge >= 0.3 is 12.0 Å². The van der Waals surface area contributed by atoms with Crippen molar-refractivity contribution in [2.75, 3.05) is 7.11 Å². The van der Waals surface area contributed by atoms with Crippen molar-refractivity contribution in [1.82, 2.24) is 10.2 Å². The van der Waals surface area contributed by atoms with Gasteiger partial charge in [-0.05, 0) is 36.6 Å². The average Bonchev–Trinajstić information content (AvgIpc) is 3.29. The zero-order chi connectivity index (χ0) is 17.6. The number of rotatable bonds is 3. The summed E-state index contributed by atoms with van der Waals surface area (Å²) >= 11 is 0. The quantitative estimate of drug-likeness (QED) is 0.684. The van der Waals surface area contributed by atoms with Gasteiger partial charge in [0.15, 0.2) is 0 Å². The monoisotopic (exact) mass is 342 g/mol. The van der Waals surface area contributed by atoms with Crippen LogP contribution in [0.25, 0.3) is 11.0 Å². The number of amides is 3. The third-order valence-electron chi connectivity index (χ3n) is 5.01. The SMILES string of the molecule is COC(=O)c1cc2cc(CN3C(=O)NC4(CCCC4)C3=O)ccc2o1. The van der Waals surface area contributed by atoms with Crippen molar-refractivity contribution in [3.05, 3.63) is 35.6 Å². The number of urea groups is 1. The smallest absolute Gasteiger partial charge is 0.373 e. The van der Waals surface area contributed by atoms with Gasteiger partial charge in [0, 0.05) is 5.39 Å². The Morgan fingerprint density at radius 3 is 2.76 bits per heavy atom. The van der Waals surface area contributed by atoms with Gasteiger partial charge in [0.2, 0.25) is 5.76 Å². The standard InChI is InChI=1S/C18H18N2O5/c1-24-15(21)14-9-12-8-11(4-5-13(12)25-14)10-20-16(22)18(19-17(20)23)6-2-3-7-18/h4-5,8-9H,2-3,6-7,10H2,1H3,(H,19,23). The van der Waals surface area contributed by atoms with Gasteiger partial charge in [0.1, 0.15) is 11.1 Å². The lowest BCUT2D eigenvalue weighted by molar-refractivity contribution is -0.131. The van der Waals surface area contributed by atoms with E-state index < -0.39 is 11.5 Å². The van der Waals surface area contributed by atoms with Crippen LogP contribution >= 0.6 is 0 Å². The first kappa shape index (κ1) is 15.7. The van der Waals surface area contributed by atoms with Crippen LogP contribution in [0.5, 0.6) is 0 Å². The van der Waals surface area contributed by atoms with E-state index in [4.69, 9.17) is 4.42 Å². The molecule has 1 saturated heterocycles. The average molecular weight is 342 g/mol. The number of esters is 1. The Labute approximate surface area is 143 Å². The first-order valence-corrected chi connectivity index (χ1v) is 8.27. The van der Waals surface area contributed by atoms with Gasteiger partial charge in [-0.25, -0.2) is 9.59 Å². The predicted octanol–water partition coefficient (Wildman–Crippen LogP) is 2.58. The molecule has 0 bridgehead atoms. The number of ether oxygens (including phenoxy) is 1. The van der Waals surface area contributed by atoms with Crippen LogP contribution in [0, 0.1) is 0 Å². The lowest BCUT2D eigenvalue weighted by Crippen LogP contribution is -2.44. The van der Waals surface area contributed by atoms with Crippen LogP contribution in [0.4, 0.5) is 4.79 Å². The van der Waals surface area contributed by atoms with E-state index in [9.17, 15) is 14.4 Å². The van der Waals surface area contributed by atoms with Gasteiger partial charge in [-0.15, -0.1) is 0 Å². The fourth-order valence-corrected chi connectivity index (χ4v) is 3.71. The summed E-state index contributed by atoms with van der Waals surface area (Å²) in [6.07, 6.45) is 3.32. The minimum absolute atomic E-state index is 0.120. The maximum absolute atomic E-state index is 12.7. The van der Waals surface area contributed by atoms with Crippen LogP contribution in [0.3, 0.4) is 0 Å². The van der Waals surface area contributed by atoms with Crippen molar-refractivity contribution in [3.63, 3.8) is 0 Å². The molecule has 2 heterocycles. The second-order valence-corrected chi connectivity index (χ2v) is 6.59. The number of nitrogens with zero attached hydrogens (tertiary/aromatic N) is 1. The Kier molecular flexibility index (Phi) is 3.52. The second-order valence-electron chi connectivity index (χ2n) is 6.59. The summed E-state index contributed by atoms with van der Waals surface area (Å²) in [4.78, 5) is 37.8. The third kappa shape index (κ3) is 2.47.